The average molecular weight is 163 g/mol. The SMILES string of the molecule is Cc1cc(C2(O)CC2C)ccn1. The molecule has 12 heavy (non-hydrogen) atoms. The molecule has 1 aliphatic carbocycles. The van der Waals surface area contributed by atoms with E-state index >= 15 is 0 Å². The molecule has 1 aliphatic rings. The van der Waals surface area contributed by atoms with Crippen molar-refractivity contribution in [1.29, 1.82) is 0 Å². The van der Waals surface area contributed by atoms with Gasteiger partial charge >= 0.3 is 0 Å². The number of aryl methyl sites for hydroxylation is 1. The second-order valence-corrected chi connectivity index (χ2v) is 3.72. The van der Waals surface area contributed by atoms with E-state index in [1.807, 2.05) is 19.1 Å². The van der Waals surface area contributed by atoms with Crippen LogP contribution in [0.4, 0.5) is 0 Å². The van der Waals surface area contributed by atoms with Gasteiger partial charge in [-0.15, -0.1) is 0 Å². The number of rotatable bonds is 1. The second kappa shape index (κ2) is 2.30. The van der Waals surface area contributed by atoms with Crippen LogP contribution in [0, 0.1) is 12.8 Å². The van der Waals surface area contributed by atoms with Gasteiger partial charge in [0.1, 0.15) is 0 Å². The standard InChI is InChI=1S/C10H13NO/c1-7-6-10(7,12)9-3-4-11-8(2)5-9/h3-5,7,12H,6H2,1-2H3. The highest BCUT2D eigenvalue weighted by Gasteiger charge is 2.50. The Hall–Kier alpha value is -0.890. The average Bonchev–Trinajstić information content (AvgIpc) is 2.61. The van der Waals surface area contributed by atoms with Crippen molar-refractivity contribution in [3.63, 3.8) is 0 Å². The van der Waals surface area contributed by atoms with Gasteiger partial charge in [-0.3, -0.25) is 4.98 Å². The lowest BCUT2D eigenvalue weighted by Gasteiger charge is -2.09. The molecule has 2 atom stereocenters. The second-order valence-electron chi connectivity index (χ2n) is 3.72. The largest absolute Gasteiger partial charge is 0.385 e. The summed E-state index contributed by atoms with van der Waals surface area (Å²) < 4.78 is 0. The Morgan fingerprint density at radius 1 is 1.67 bits per heavy atom. The molecule has 1 N–H and O–H groups in total. The van der Waals surface area contributed by atoms with Gasteiger partial charge in [0.05, 0.1) is 5.60 Å². The highest BCUT2D eigenvalue weighted by Crippen LogP contribution is 2.51. The van der Waals surface area contributed by atoms with E-state index < -0.39 is 5.60 Å². The Balaban J connectivity index is 2.36. The first-order valence-corrected chi connectivity index (χ1v) is 4.28. The maximum atomic E-state index is 9.97. The van der Waals surface area contributed by atoms with Crippen LogP contribution in [0.15, 0.2) is 18.3 Å². The summed E-state index contributed by atoms with van der Waals surface area (Å²) in [4.78, 5) is 4.10. The molecule has 2 nitrogen and oxygen atoms in total. The minimum absolute atomic E-state index is 0.402. The molecule has 0 saturated heterocycles. The van der Waals surface area contributed by atoms with E-state index in [1.54, 1.807) is 6.20 Å². The molecular formula is C10H13NO. The lowest BCUT2D eigenvalue weighted by Crippen LogP contribution is -2.07. The predicted octanol–water partition coefficient (Wildman–Crippen LogP) is 1.62. The fourth-order valence-electron chi connectivity index (χ4n) is 1.63. The first-order chi connectivity index (χ1) is 5.63. The van der Waals surface area contributed by atoms with Crippen molar-refractivity contribution in [3.8, 4) is 0 Å². The topological polar surface area (TPSA) is 33.1 Å². The zero-order valence-electron chi connectivity index (χ0n) is 7.41. The Bertz CT molecular complexity index is 310. The van der Waals surface area contributed by atoms with Crippen molar-refractivity contribution < 1.29 is 5.11 Å². The summed E-state index contributed by atoms with van der Waals surface area (Å²) in [7, 11) is 0. The molecule has 2 rings (SSSR count). The Morgan fingerprint density at radius 2 is 2.33 bits per heavy atom. The van der Waals surface area contributed by atoms with Crippen molar-refractivity contribution in [2.75, 3.05) is 0 Å². The van der Waals surface area contributed by atoms with E-state index in [2.05, 4.69) is 11.9 Å². The molecule has 0 spiro atoms. The number of aromatic nitrogens is 1. The molecule has 1 heterocycles. The van der Waals surface area contributed by atoms with Crippen molar-refractivity contribution in [2.45, 2.75) is 25.9 Å². The molecule has 0 radical (unpaired) electrons. The summed E-state index contributed by atoms with van der Waals surface area (Å²) in [6.45, 7) is 4.01. The summed E-state index contributed by atoms with van der Waals surface area (Å²) in [5.41, 5.74) is 1.44. The smallest absolute Gasteiger partial charge is 0.0928 e. The number of pyridine rings is 1. The molecule has 0 amide bonds. The highest BCUT2D eigenvalue weighted by atomic mass is 16.3. The van der Waals surface area contributed by atoms with E-state index in [4.69, 9.17) is 0 Å². The van der Waals surface area contributed by atoms with Gasteiger partial charge in [-0.25, -0.2) is 0 Å². The normalized spacial score (nSPS) is 33.4. The monoisotopic (exact) mass is 163 g/mol. The van der Waals surface area contributed by atoms with Gasteiger partial charge in [0.25, 0.3) is 0 Å². The van der Waals surface area contributed by atoms with Crippen LogP contribution in [-0.4, -0.2) is 10.1 Å². The third kappa shape index (κ3) is 1.03. The zero-order chi connectivity index (χ0) is 8.77. The minimum Gasteiger partial charge on any atom is -0.385 e. The van der Waals surface area contributed by atoms with E-state index in [-0.39, 0.29) is 0 Å². The van der Waals surface area contributed by atoms with Gasteiger partial charge < -0.3 is 5.11 Å². The molecule has 0 aliphatic heterocycles. The summed E-state index contributed by atoms with van der Waals surface area (Å²) in [5.74, 6) is 0.402. The predicted molar refractivity (Wildman–Crippen MR) is 46.7 cm³/mol. The van der Waals surface area contributed by atoms with Crippen LogP contribution in [0.25, 0.3) is 0 Å². The van der Waals surface area contributed by atoms with E-state index in [0.717, 1.165) is 17.7 Å². The van der Waals surface area contributed by atoms with Crippen molar-refractivity contribution in [2.24, 2.45) is 5.92 Å². The first kappa shape index (κ1) is 7.74. The lowest BCUT2D eigenvalue weighted by molar-refractivity contribution is 0.134. The maximum Gasteiger partial charge on any atom is 0.0928 e. The fourth-order valence-corrected chi connectivity index (χ4v) is 1.63. The summed E-state index contributed by atoms with van der Waals surface area (Å²) in [5, 5.41) is 9.97. The molecule has 0 aromatic carbocycles. The molecule has 0 bridgehead atoms. The molecule has 2 heteroatoms. The molecule has 64 valence electrons. The summed E-state index contributed by atoms with van der Waals surface area (Å²) >= 11 is 0. The number of aliphatic hydroxyl groups is 1. The van der Waals surface area contributed by atoms with Crippen molar-refractivity contribution in [3.05, 3.63) is 29.6 Å². The molecule has 1 fully saturated rings. The fraction of sp³-hybridized carbons (Fsp3) is 0.500. The molecule has 1 aromatic heterocycles. The van der Waals surface area contributed by atoms with Gasteiger partial charge in [0.2, 0.25) is 0 Å². The van der Waals surface area contributed by atoms with Gasteiger partial charge in [0, 0.05) is 11.9 Å². The molecule has 1 aromatic rings. The lowest BCUT2D eigenvalue weighted by atomic mass is 10.1. The number of hydrogen-bond donors (Lipinski definition) is 1. The molecular weight excluding hydrogens is 150 g/mol. The van der Waals surface area contributed by atoms with Gasteiger partial charge in [0.15, 0.2) is 0 Å². The number of hydrogen-bond acceptors (Lipinski definition) is 2. The zero-order valence-corrected chi connectivity index (χ0v) is 7.41. The van der Waals surface area contributed by atoms with Gasteiger partial charge in [-0.1, -0.05) is 6.92 Å². The van der Waals surface area contributed by atoms with Crippen LogP contribution < -0.4 is 0 Å². The third-order valence-corrected chi connectivity index (χ3v) is 2.67. The van der Waals surface area contributed by atoms with E-state index in [9.17, 15) is 5.11 Å². The van der Waals surface area contributed by atoms with Crippen molar-refractivity contribution in [1.82, 2.24) is 4.98 Å². The third-order valence-electron chi connectivity index (χ3n) is 2.67. The molecule has 1 saturated carbocycles. The molecule has 2 unspecified atom stereocenters. The Kier molecular flexibility index (Phi) is 1.48. The summed E-state index contributed by atoms with van der Waals surface area (Å²) in [6.07, 6.45) is 2.64. The van der Waals surface area contributed by atoms with Crippen LogP contribution in [0.5, 0.6) is 0 Å². The Morgan fingerprint density at radius 3 is 2.83 bits per heavy atom. The minimum atomic E-state index is -0.548. The van der Waals surface area contributed by atoms with Crippen LogP contribution in [0.2, 0.25) is 0 Å². The quantitative estimate of drug-likeness (QED) is 0.682. The number of nitrogens with zero attached hydrogens (tertiary/aromatic N) is 1. The maximum absolute atomic E-state index is 9.97. The highest BCUT2D eigenvalue weighted by molar-refractivity contribution is 5.29. The van der Waals surface area contributed by atoms with Gasteiger partial charge in [-0.2, -0.15) is 0 Å². The Labute approximate surface area is 72.3 Å². The summed E-state index contributed by atoms with van der Waals surface area (Å²) in [6, 6.07) is 3.86. The van der Waals surface area contributed by atoms with Gasteiger partial charge in [-0.05, 0) is 37.0 Å². The van der Waals surface area contributed by atoms with Crippen LogP contribution >= 0.6 is 0 Å². The van der Waals surface area contributed by atoms with Crippen molar-refractivity contribution >= 4 is 0 Å². The van der Waals surface area contributed by atoms with E-state index in [1.165, 1.54) is 0 Å². The van der Waals surface area contributed by atoms with Crippen LogP contribution in [0.1, 0.15) is 24.6 Å². The van der Waals surface area contributed by atoms with E-state index in [0.29, 0.717) is 5.92 Å². The van der Waals surface area contributed by atoms with Crippen LogP contribution in [0.3, 0.4) is 0 Å². The first-order valence-electron chi connectivity index (χ1n) is 4.28. The van der Waals surface area contributed by atoms with Crippen LogP contribution in [-0.2, 0) is 5.60 Å².